The van der Waals surface area contributed by atoms with Gasteiger partial charge in [-0.2, -0.15) is 14.3 Å². The van der Waals surface area contributed by atoms with Crippen LogP contribution in [0.3, 0.4) is 0 Å². The predicted octanol–water partition coefficient (Wildman–Crippen LogP) is 0.819. The molecule has 0 bridgehead atoms. The molecule has 118 valence electrons. The minimum Gasteiger partial charge on any atom is -0.462 e. The number of ether oxygens (including phenoxy) is 1. The molecule has 3 rings (SSSR count). The molecule has 0 saturated carbocycles. The molecule has 0 atom stereocenters. The lowest BCUT2D eigenvalue weighted by Gasteiger charge is -2.04. The minimum atomic E-state index is -0.561. The van der Waals surface area contributed by atoms with Crippen LogP contribution >= 0.6 is 0 Å². The summed E-state index contributed by atoms with van der Waals surface area (Å²) in [5.74, 6) is -0.561. The van der Waals surface area contributed by atoms with Crippen molar-refractivity contribution in [2.75, 3.05) is 6.61 Å². The zero-order valence-electron chi connectivity index (χ0n) is 12.8. The van der Waals surface area contributed by atoms with Crippen molar-refractivity contribution in [2.45, 2.75) is 20.4 Å². The summed E-state index contributed by atoms with van der Waals surface area (Å²) in [6.07, 6.45) is 0. The average Bonchev–Trinajstić information content (AvgIpc) is 2.88. The van der Waals surface area contributed by atoms with Gasteiger partial charge < -0.3 is 4.74 Å². The predicted molar refractivity (Wildman–Crippen MR) is 81.3 cm³/mol. The summed E-state index contributed by atoms with van der Waals surface area (Å²) in [7, 11) is 0. The number of carbonyl (C=O) groups is 1. The van der Waals surface area contributed by atoms with Gasteiger partial charge in [0.2, 0.25) is 0 Å². The molecule has 0 aliphatic carbocycles. The van der Waals surface area contributed by atoms with Gasteiger partial charge in [-0.05, 0) is 19.4 Å². The molecular formula is C15H15N5O3. The quantitative estimate of drug-likeness (QED) is 0.662. The molecule has 0 aliphatic rings. The number of hydrogen-bond acceptors (Lipinski definition) is 6. The molecule has 0 unspecified atom stereocenters. The van der Waals surface area contributed by atoms with Crippen molar-refractivity contribution in [2.24, 2.45) is 0 Å². The second kappa shape index (κ2) is 5.99. The third-order valence-corrected chi connectivity index (χ3v) is 3.34. The average molecular weight is 313 g/mol. The van der Waals surface area contributed by atoms with E-state index in [0.29, 0.717) is 5.69 Å². The third kappa shape index (κ3) is 2.70. The first-order valence-corrected chi connectivity index (χ1v) is 7.16. The van der Waals surface area contributed by atoms with Gasteiger partial charge in [-0.3, -0.25) is 0 Å². The molecule has 0 N–H and O–H groups in total. The Bertz CT molecular complexity index is 914. The summed E-state index contributed by atoms with van der Waals surface area (Å²) in [6.45, 7) is 3.84. The van der Waals surface area contributed by atoms with Crippen LogP contribution in [0.1, 0.15) is 28.5 Å². The SMILES string of the molecule is CCOC(=O)c1c(C)nn2c(=O)n(Cc3ccccc3)nnc12. The van der Waals surface area contributed by atoms with E-state index in [1.165, 1.54) is 4.68 Å². The summed E-state index contributed by atoms with van der Waals surface area (Å²) in [4.78, 5) is 24.5. The molecular weight excluding hydrogens is 298 g/mol. The molecule has 0 aliphatic heterocycles. The molecule has 0 amide bonds. The maximum Gasteiger partial charge on any atom is 0.368 e. The topological polar surface area (TPSA) is 91.4 Å². The summed E-state index contributed by atoms with van der Waals surface area (Å²) >= 11 is 0. The maximum atomic E-state index is 12.5. The fourth-order valence-electron chi connectivity index (χ4n) is 2.28. The van der Waals surface area contributed by atoms with Crippen molar-refractivity contribution in [3.63, 3.8) is 0 Å². The van der Waals surface area contributed by atoms with E-state index in [1.807, 2.05) is 30.3 Å². The van der Waals surface area contributed by atoms with Crippen molar-refractivity contribution < 1.29 is 9.53 Å². The monoisotopic (exact) mass is 313 g/mol. The fourth-order valence-corrected chi connectivity index (χ4v) is 2.28. The van der Waals surface area contributed by atoms with E-state index in [-0.39, 0.29) is 24.4 Å². The number of aromatic nitrogens is 5. The number of nitrogens with zero attached hydrogens (tertiary/aromatic N) is 5. The highest BCUT2D eigenvalue weighted by molar-refractivity contribution is 5.96. The van der Waals surface area contributed by atoms with Crippen molar-refractivity contribution >= 4 is 11.6 Å². The highest BCUT2D eigenvalue weighted by atomic mass is 16.5. The van der Waals surface area contributed by atoms with Gasteiger partial charge >= 0.3 is 11.7 Å². The Morgan fingerprint density at radius 3 is 2.70 bits per heavy atom. The number of aryl methyl sites for hydroxylation is 1. The van der Waals surface area contributed by atoms with Gasteiger partial charge in [-0.1, -0.05) is 35.5 Å². The molecule has 8 heteroatoms. The molecule has 3 aromatic rings. The largest absolute Gasteiger partial charge is 0.462 e. The van der Waals surface area contributed by atoms with Crippen molar-refractivity contribution in [3.05, 3.63) is 57.6 Å². The summed E-state index contributed by atoms with van der Waals surface area (Å²) < 4.78 is 7.25. The molecule has 2 aromatic heterocycles. The number of carbonyl (C=O) groups excluding carboxylic acids is 1. The molecule has 8 nitrogen and oxygen atoms in total. The highest BCUT2D eigenvalue weighted by Gasteiger charge is 2.22. The van der Waals surface area contributed by atoms with Crippen LogP contribution < -0.4 is 5.69 Å². The Kier molecular flexibility index (Phi) is 3.88. The molecule has 23 heavy (non-hydrogen) atoms. The van der Waals surface area contributed by atoms with Gasteiger partial charge in [0, 0.05) is 0 Å². The van der Waals surface area contributed by atoms with E-state index in [1.54, 1.807) is 13.8 Å². The number of rotatable bonds is 4. The van der Waals surface area contributed by atoms with Crippen LogP contribution in [0.2, 0.25) is 0 Å². The smallest absolute Gasteiger partial charge is 0.368 e. The fraction of sp³-hybridized carbons (Fsp3) is 0.267. The standard InChI is InChI=1S/C15H15N5O3/c1-3-23-14(21)12-10(2)17-20-13(12)16-18-19(15(20)22)9-11-7-5-4-6-8-11/h4-8H,3,9H2,1-2H3. The van der Waals surface area contributed by atoms with Crippen LogP contribution in [0.25, 0.3) is 5.65 Å². The first-order valence-electron chi connectivity index (χ1n) is 7.16. The van der Waals surface area contributed by atoms with Gasteiger partial charge in [0.25, 0.3) is 0 Å². The number of benzene rings is 1. The van der Waals surface area contributed by atoms with Crippen LogP contribution in [0.15, 0.2) is 35.1 Å². The number of fused-ring (bicyclic) bond motifs is 1. The van der Waals surface area contributed by atoms with E-state index < -0.39 is 11.7 Å². The molecule has 0 fully saturated rings. The Labute approximate surface area is 131 Å². The van der Waals surface area contributed by atoms with Crippen LogP contribution in [-0.4, -0.2) is 37.2 Å². The first kappa shape index (κ1) is 14.9. The van der Waals surface area contributed by atoms with E-state index in [9.17, 15) is 9.59 Å². The summed E-state index contributed by atoms with van der Waals surface area (Å²) in [6, 6.07) is 9.42. The summed E-state index contributed by atoms with van der Waals surface area (Å²) in [5.41, 5.74) is 1.11. The first-order chi connectivity index (χ1) is 11.1. The van der Waals surface area contributed by atoms with Gasteiger partial charge in [0.15, 0.2) is 5.65 Å². The Hall–Kier alpha value is -3.03. The van der Waals surface area contributed by atoms with Crippen LogP contribution in [-0.2, 0) is 11.3 Å². The summed E-state index contributed by atoms with van der Waals surface area (Å²) in [5, 5.41) is 12.0. The van der Waals surface area contributed by atoms with Crippen LogP contribution in [0.5, 0.6) is 0 Å². The zero-order chi connectivity index (χ0) is 16.4. The molecule has 1 aromatic carbocycles. The number of esters is 1. The second-order valence-corrected chi connectivity index (χ2v) is 4.93. The second-order valence-electron chi connectivity index (χ2n) is 4.93. The Morgan fingerprint density at radius 2 is 2.00 bits per heavy atom. The lowest BCUT2D eigenvalue weighted by atomic mass is 10.2. The molecule has 2 heterocycles. The van der Waals surface area contributed by atoms with Crippen molar-refractivity contribution in [1.29, 1.82) is 0 Å². The maximum absolute atomic E-state index is 12.5. The lowest BCUT2D eigenvalue weighted by molar-refractivity contribution is 0.0527. The van der Waals surface area contributed by atoms with Gasteiger partial charge in [0.1, 0.15) is 5.56 Å². The molecule has 0 saturated heterocycles. The minimum absolute atomic E-state index is 0.107. The van der Waals surface area contributed by atoms with Gasteiger partial charge in [0.05, 0.1) is 18.8 Å². The number of hydrogen-bond donors (Lipinski definition) is 0. The van der Waals surface area contributed by atoms with Crippen LogP contribution in [0, 0.1) is 6.92 Å². The Morgan fingerprint density at radius 1 is 1.26 bits per heavy atom. The van der Waals surface area contributed by atoms with Gasteiger partial charge in [-0.15, -0.1) is 5.10 Å². The van der Waals surface area contributed by atoms with E-state index in [0.717, 1.165) is 10.1 Å². The zero-order valence-corrected chi connectivity index (χ0v) is 12.8. The van der Waals surface area contributed by atoms with Crippen molar-refractivity contribution in [1.82, 2.24) is 24.6 Å². The van der Waals surface area contributed by atoms with E-state index >= 15 is 0 Å². The van der Waals surface area contributed by atoms with E-state index in [4.69, 9.17) is 4.74 Å². The lowest BCUT2D eigenvalue weighted by Crippen LogP contribution is -2.31. The molecule has 0 spiro atoms. The highest BCUT2D eigenvalue weighted by Crippen LogP contribution is 2.12. The van der Waals surface area contributed by atoms with Crippen molar-refractivity contribution in [3.8, 4) is 0 Å². The van der Waals surface area contributed by atoms with Crippen LogP contribution in [0.4, 0.5) is 0 Å². The molecule has 0 radical (unpaired) electrons. The Balaban J connectivity index is 2.07. The van der Waals surface area contributed by atoms with E-state index in [2.05, 4.69) is 15.4 Å². The normalized spacial score (nSPS) is 10.9. The third-order valence-electron chi connectivity index (χ3n) is 3.34. The van der Waals surface area contributed by atoms with Gasteiger partial charge in [-0.25, -0.2) is 9.59 Å².